The molecule has 0 aliphatic heterocycles. The maximum Gasteiger partial charge on any atom is 0.0804 e. The monoisotopic (exact) mass is 279 g/mol. The molecule has 0 spiro atoms. The molecule has 108 valence electrons. The summed E-state index contributed by atoms with van der Waals surface area (Å²) in [7, 11) is 0. The van der Waals surface area contributed by atoms with Crippen molar-refractivity contribution in [3.63, 3.8) is 0 Å². The van der Waals surface area contributed by atoms with Gasteiger partial charge in [-0.15, -0.1) is 0 Å². The summed E-state index contributed by atoms with van der Waals surface area (Å²) in [5.74, 6) is 0. The number of fused-ring (bicyclic) bond motifs is 1. The number of aliphatic hydroxyl groups is 1. The predicted molar refractivity (Wildman–Crippen MR) is 87.3 cm³/mol. The predicted octanol–water partition coefficient (Wildman–Crippen LogP) is 4.52. The van der Waals surface area contributed by atoms with Gasteiger partial charge in [0.05, 0.1) is 6.10 Å². The van der Waals surface area contributed by atoms with Crippen molar-refractivity contribution in [3.05, 3.63) is 72.1 Å². The fourth-order valence-electron chi connectivity index (χ4n) is 2.82. The molecule has 3 rings (SSSR count). The van der Waals surface area contributed by atoms with Gasteiger partial charge in [-0.05, 0) is 34.4 Å². The number of aliphatic hydroxyl groups excluding tert-OH is 1. The summed E-state index contributed by atoms with van der Waals surface area (Å²) in [6.45, 7) is 2.93. The van der Waals surface area contributed by atoms with Crippen LogP contribution in [-0.4, -0.2) is 9.67 Å². The first-order chi connectivity index (χ1) is 10.3. The van der Waals surface area contributed by atoms with E-state index in [1.54, 1.807) is 0 Å². The summed E-state index contributed by atoms with van der Waals surface area (Å²) in [6, 6.07) is 16.9. The maximum absolute atomic E-state index is 10.1. The van der Waals surface area contributed by atoms with E-state index in [4.69, 9.17) is 0 Å². The highest BCUT2D eigenvalue weighted by molar-refractivity contribution is 5.85. The fourth-order valence-corrected chi connectivity index (χ4v) is 2.82. The molecule has 0 fully saturated rings. The van der Waals surface area contributed by atoms with Crippen LogP contribution in [0.3, 0.4) is 0 Å². The summed E-state index contributed by atoms with van der Waals surface area (Å²) in [5.41, 5.74) is 2.32. The molecule has 1 unspecified atom stereocenters. The number of rotatable bonds is 5. The Bertz CT molecular complexity index is 724. The molecule has 0 saturated heterocycles. The van der Waals surface area contributed by atoms with E-state index in [0.717, 1.165) is 24.9 Å². The van der Waals surface area contributed by atoms with Crippen LogP contribution in [0.4, 0.5) is 0 Å². The summed E-state index contributed by atoms with van der Waals surface area (Å²) in [5, 5.41) is 12.6. The van der Waals surface area contributed by atoms with Crippen LogP contribution in [0.1, 0.15) is 37.0 Å². The fraction of sp³-hybridized carbons (Fsp3) is 0.263. The molecule has 1 atom stereocenters. The van der Waals surface area contributed by atoms with E-state index in [1.807, 2.05) is 6.07 Å². The van der Waals surface area contributed by atoms with Crippen molar-refractivity contribution in [1.82, 2.24) is 4.57 Å². The Hall–Kier alpha value is -2.06. The standard InChI is InChI=1S/C19H21NO/c1-2-6-19(21)17-11-12-20(14-17)13-16-9-5-8-15-7-3-4-10-18(15)16/h3-5,7-12,14,19,21H,2,6,13H2,1H3. The highest BCUT2D eigenvalue weighted by Gasteiger charge is 2.08. The van der Waals surface area contributed by atoms with E-state index in [0.29, 0.717) is 0 Å². The molecule has 0 saturated carbocycles. The third-order valence-electron chi connectivity index (χ3n) is 3.95. The summed E-state index contributed by atoms with van der Waals surface area (Å²) >= 11 is 0. The lowest BCUT2D eigenvalue weighted by molar-refractivity contribution is 0.166. The minimum absolute atomic E-state index is 0.344. The van der Waals surface area contributed by atoms with Crippen LogP contribution in [0.2, 0.25) is 0 Å². The van der Waals surface area contributed by atoms with Crippen molar-refractivity contribution in [2.24, 2.45) is 0 Å². The molecule has 0 aliphatic rings. The molecule has 3 aromatic rings. The Morgan fingerprint density at radius 3 is 2.71 bits per heavy atom. The van der Waals surface area contributed by atoms with Crippen LogP contribution >= 0.6 is 0 Å². The average Bonchev–Trinajstić information content (AvgIpc) is 2.97. The summed E-state index contributed by atoms with van der Waals surface area (Å²) in [6.07, 6.45) is 5.58. The van der Waals surface area contributed by atoms with Gasteiger partial charge in [-0.2, -0.15) is 0 Å². The average molecular weight is 279 g/mol. The molecule has 1 aromatic heterocycles. The molecule has 1 N–H and O–H groups in total. The van der Waals surface area contributed by atoms with E-state index in [-0.39, 0.29) is 6.10 Å². The van der Waals surface area contributed by atoms with Crippen molar-refractivity contribution in [3.8, 4) is 0 Å². The smallest absolute Gasteiger partial charge is 0.0804 e. The number of hydrogen-bond acceptors (Lipinski definition) is 1. The van der Waals surface area contributed by atoms with Gasteiger partial charge in [0.2, 0.25) is 0 Å². The van der Waals surface area contributed by atoms with E-state index >= 15 is 0 Å². The minimum atomic E-state index is -0.344. The maximum atomic E-state index is 10.1. The molecule has 0 aliphatic carbocycles. The topological polar surface area (TPSA) is 25.2 Å². The van der Waals surface area contributed by atoms with Gasteiger partial charge in [-0.25, -0.2) is 0 Å². The van der Waals surface area contributed by atoms with Gasteiger partial charge in [-0.1, -0.05) is 55.8 Å². The molecule has 2 aromatic carbocycles. The molecule has 0 amide bonds. The molecule has 1 heterocycles. The van der Waals surface area contributed by atoms with E-state index in [2.05, 4.69) is 66.3 Å². The first-order valence-corrected chi connectivity index (χ1v) is 7.58. The second-order valence-corrected chi connectivity index (χ2v) is 5.56. The van der Waals surface area contributed by atoms with Gasteiger partial charge in [0, 0.05) is 18.9 Å². The summed E-state index contributed by atoms with van der Waals surface area (Å²) < 4.78 is 2.15. The number of aromatic nitrogens is 1. The van der Waals surface area contributed by atoms with E-state index in [1.165, 1.54) is 16.3 Å². The molecular formula is C19H21NO. The molecular weight excluding hydrogens is 258 g/mol. The molecule has 0 bridgehead atoms. The lowest BCUT2D eigenvalue weighted by Crippen LogP contribution is -1.99. The lowest BCUT2D eigenvalue weighted by Gasteiger charge is -2.09. The molecule has 0 radical (unpaired) electrons. The van der Waals surface area contributed by atoms with E-state index in [9.17, 15) is 5.11 Å². The van der Waals surface area contributed by atoms with Crippen molar-refractivity contribution >= 4 is 10.8 Å². The van der Waals surface area contributed by atoms with Crippen LogP contribution in [0.5, 0.6) is 0 Å². The van der Waals surface area contributed by atoms with Crippen LogP contribution in [0.15, 0.2) is 60.9 Å². The van der Waals surface area contributed by atoms with Crippen molar-refractivity contribution < 1.29 is 5.11 Å². The van der Waals surface area contributed by atoms with Gasteiger partial charge in [0.25, 0.3) is 0 Å². The molecule has 21 heavy (non-hydrogen) atoms. The zero-order valence-electron chi connectivity index (χ0n) is 12.4. The second-order valence-electron chi connectivity index (χ2n) is 5.56. The van der Waals surface area contributed by atoms with Gasteiger partial charge in [0.1, 0.15) is 0 Å². The first kappa shape index (κ1) is 13.9. The highest BCUT2D eigenvalue weighted by Crippen LogP contribution is 2.22. The zero-order valence-corrected chi connectivity index (χ0v) is 12.4. The Labute approximate surface area is 125 Å². The van der Waals surface area contributed by atoms with E-state index < -0.39 is 0 Å². The molecule has 2 heteroatoms. The number of hydrogen-bond donors (Lipinski definition) is 1. The number of benzene rings is 2. The van der Waals surface area contributed by atoms with Gasteiger partial charge >= 0.3 is 0 Å². The van der Waals surface area contributed by atoms with Crippen molar-refractivity contribution in [2.75, 3.05) is 0 Å². The summed E-state index contributed by atoms with van der Waals surface area (Å²) in [4.78, 5) is 0. The normalized spacial score (nSPS) is 12.7. The Morgan fingerprint density at radius 2 is 1.86 bits per heavy atom. The van der Waals surface area contributed by atoms with Crippen LogP contribution in [-0.2, 0) is 6.54 Å². The lowest BCUT2D eigenvalue weighted by atomic mass is 10.0. The van der Waals surface area contributed by atoms with Gasteiger partial charge in [0.15, 0.2) is 0 Å². The Morgan fingerprint density at radius 1 is 1.05 bits per heavy atom. The quantitative estimate of drug-likeness (QED) is 0.729. The third kappa shape index (κ3) is 3.01. The van der Waals surface area contributed by atoms with Gasteiger partial charge < -0.3 is 9.67 Å². The van der Waals surface area contributed by atoms with Crippen molar-refractivity contribution in [1.29, 1.82) is 0 Å². The van der Waals surface area contributed by atoms with Gasteiger partial charge in [-0.3, -0.25) is 0 Å². The zero-order chi connectivity index (χ0) is 14.7. The second kappa shape index (κ2) is 6.15. The first-order valence-electron chi connectivity index (χ1n) is 7.58. The van der Waals surface area contributed by atoms with Crippen LogP contribution < -0.4 is 0 Å². The Kier molecular flexibility index (Phi) is 4.07. The van der Waals surface area contributed by atoms with Crippen LogP contribution in [0.25, 0.3) is 10.8 Å². The number of nitrogens with zero attached hydrogens (tertiary/aromatic N) is 1. The Balaban J connectivity index is 1.86. The molecule has 2 nitrogen and oxygen atoms in total. The third-order valence-corrected chi connectivity index (χ3v) is 3.95. The van der Waals surface area contributed by atoms with Crippen LogP contribution in [0, 0.1) is 0 Å². The minimum Gasteiger partial charge on any atom is -0.388 e. The van der Waals surface area contributed by atoms with Crippen molar-refractivity contribution in [2.45, 2.75) is 32.4 Å². The highest BCUT2D eigenvalue weighted by atomic mass is 16.3. The largest absolute Gasteiger partial charge is 0.388 e. The SMILES string of the molecule is CCCC(O)c1ccn(Cc2cccc3ccccc23)c1.